The number of pyridine rings is 2. The van der Waals surface area contributed by atoms with Gasteiger partial charge in [0.2, 0.25) is 0 Å². The summed E-state index contributed by atoms with van der Waals surface area (Å²) < 4.78 is 44.7. The number of carbonyl (C=O) groups is 2. The van der Waals surface area contributed by atoms with E-state index in [9.17, 15) is 22.8 Å². The van der Waals surface area contributed by atoms with Crippen LogP contribution in [0.25, 0.3) is 11.3 Å². The molecule has 1 saturated heterocycles. The van der Waals surface area contributed by atoms with Gasteiger partial charge in [0.1, 0.15) is 28.5 Å². The van der Waals surface area contributed by atoms with Gasteiger partial charge in [-0.2, -0.15) is 13.2 Å². The van der Waals surface area contributed by atoms with E-state index in [4.69, 9.17) is 16.3 Å². The Balaban J connectivity index is 1.22. The van der Waals surface area contributed by atoms with Crippen LogP contribution in [-0.4, -0.2) is 62.9 Å². The first-order valence-corrected chi connectivity index (χ1v) is 13.9. The third kappa shape index (κ3) is 6.89. The molecule has 4 aromatic heterocycles. The largest absolute Gasteiger partial charge is 0.418 e. The van der Waals surface area contributed by atoms with Crippen LogP contribution in [0.1, 0.15) is 50.0 Å². The monoisotopic (exact) mass is 617 g/mol. The molecular weight excluding hydrogens is 595 g/mol. The van der Waals surface area contributed by atoms with E-state index in [1.165, 1.54) is 12.5 Å². The first-order chi connectivity index (χ1) is 20.1. The predicted molar refractivity (Wildman–Crippen MR) is 150 cm³/mol. The molecule has 1 fully saturated rings. The van der Waals surface area contributed by atoms with Crippen LogP contribution in [0.5, 0.6) is 0 Å². The van der Waals surface area contributed by atoms with E-state index >= 15 is 0 Å². The Hall–Kier alpha value is -4.01. The smallest absolute Gasteiger partial charge is 0.378 e. The van der Waals surface area contributed by atoms with Gasteiger partial charge in [-0.05, 0) is 24.3 Å². The quantitative estimate of drug-likeness (QED) is 0.254. The maximum absolute atomic E-state index is 13.1. The number of carbonyl (C=O) groups excluding carboxylic acids is 2. The lowest BCUT2D eigenvalue weighted by atomic mass is 10.0. The van der Waals surface area contributed by atoms with E-state index in [1.54, 1.807) is 19.2 Å². The summed E-state index contributed by atoms with van der Waals surface area (Å²) in [5.41, 5.74) is 0.415. The number of ketones is 1. The molecule has 0 bridgehead atoms. The SMILES string of the molecule is CC(CC(=O)c1cc(-c2ccc(N3CCOCC3)nc2)ncn1)c1ncc(C(=O)Nc2cc(C(F)(F)F)c(Cl)cn2)s1. The summed E-state index contributed by atoms with van der Waals surface area (Å²) in [4.78, 5) is 48.9. The van der Waals surface area contributed by atoms with Gasteiger partial charge in [0.25, 0.3) is 5.91 Å². The summed E-state index contributed by atoms with van der Waals surface area (Å²) in [6, 6.07) is 6.06. The summed E-state index contributed by atoms with van der Waals surface area (Å²) in [6.07, 6.45) is 0.509. The second kappa shape index (κ2) is 12.5. The molecule has 0 spiro atoms. The van der Waals surface area contributed by atoms with Crippen molar-refractivity contribution in [3.63, 3.8) is 0 Å². The minimum absolute atomic E-state index is 0.0624. The number of thiazole rings is 1. The molecule has 0 radical (unpaired) electrons. The summed E-state index contributed by atoms with van der Waals surface area (Å²) in [5, 5.41) is 2.25. The molecule has 5 rings (SSSR count). The number of hydrogen-bond acceptors (Lipinski definition) is 10. The number of amides is 1. The average molecular weight is 618 g/mol. The molecule has 1 amide bonds. The van der Waals surface area contributed by atoms with Crippen molar-refractivity contribution in [3.05, 3.63) is 75.3 Å². The van der Waals surface area contributed by atoms with Crippen LogP contribution in [0.2, 0.25) is 5.02 Å². The number of anilines is 2. The van der Waals surface area contributed by atoms with Crippen molar-refractivity contribution in [1.82, 2.24) is 24.9 Å². The number of rotatable bonds is 8. The van der Waals surface area contributed by atoms with E-state index in [1.807, 2.05) is 12.1 Å². The summed E-state index contributed by atoms with van der Waals surface area (Å²) >= 11 is 6.61. The maximum atomic E-state index is 13.1. The molecule has 218 valence electrons. The van der Waals surface area contributed by atoms with Crippen molar-refractivity contribution in [2.45, 2.75) is 25.4 Å². The fraction of sp³-hybridized carbons (Fsp3) is 0.296. The third-order valence-corrected chi connectivity index (χ3v) is 7.92. The van der Waals surface area contributed by atoms with E-state index < -0.39 is 22.7 Å². The van der Waals surface area contributed by atoms with Crippen LogP contribution in [-0.2, 0) is 10.9 Å². The molecule has 0 aromatic carbocycles. The number of hydrogen-bond donors (Lipinski definition) is 1. The molecule has 1 unspecified atom stereocenters. The van der Waals surface area contributed by atoms with Crippen LogP contribution in [0.4, 0.5) is 24.8 Å². The average Bonchev–Trinajstić information content (AvgIpc) is 3.49. The highest BCUT2D eigenvalue weighted by Crippen LogP contribution is 2.35. The molecule has 15 heteroatoms. The Kier molecular flexibility index (Phi) is 8.75. The molecule has 5 heterocycles. The number of nitrogens with zero attached hydrogens (tertiary/aromatic N) is 6. The summed E-state index contributed by atoms with van der Waals surface area (Å²) in [6.45, 7) is 4.63. The minimum atomic E-state index is -4.70. The summed E-state index contributed by atoms with van der Waals surface area (Å²) in [5.74, 6) is -0.750. The molecule has 1 atom stereocenters. The highest BCUT2D eigenvalue weighted by Gasteiger charge is 2.34. The van der Waals surface area contributed by atoms with Crippen molar-refractivity contribution >= 4 is 46.3 Å². The molecule has 4 aromatic rings. The normalized spacial score (nSPS) is 14.5. The van der Waals surface area contributed by atoms with Crippen molar-refractivity contribution in [2.24, 2.45) is 0 Å². The molecule has 10 nitrogen and oxygen atoms in total. The lowest BCUT2D eigenvalue weighted by Crippen LogP contribution is -2.36. The molecule has 1 N–H and O–H groups in total. The highest BCUT2D eigenvalue weighted by atomic mass is 35.5. The Labute approximate surface area is 247 Å². The number of morpholine rings is 1. The number of Topliss-reactive ketones (excluding diaryl/α,β-unsaturated/α-hetero) is 1. The van der Waals surface area contributed by atoms with Gasteiger partial charge >= 0.3 is 6.18 Å². The third-order valence-electron chi connectivity index (χ3n) is 6.39. The Bertz CT molecular complexity index is 1590. The lowest BCUT2D eigenvalue weighted by molar-refractivity contribution is -0.137. The van der Waals surface area contributed by atoms with E-state index in [0.717, 1.165) is 42.0 Å². The molecule has 1 aliphatic rings. The van der Waals surface area contributed by atoms with Gasteiger partial charge < -0.3 is 15.0 Å². The molecular formula is C27H23ClF3N7O3S. The van der Waals surface area contributed by atoms with Gasteiger partial charge in [0.15, 0.2) is 5.78 Å². The van der Waals surface area contributed by atoms with Crippen molar-refractivity contribution in [3.8, 4) is 11.3 Å². The number of halogens is 4. The second-order valence-corrected chi connectivity index (χ2v) is 10.9. The zero-order valence-corrected chi connectivity index (χ0v) is 23.6. The van der Waals surface area contributed by atoms with Crippen LogP contribution in [0.3, 0.4) is 0 Å². The van der Waals surface area contributed by atoms with Crippen molar-refractivity contribution < 1.29 is 27.5 Å². The predicted octanol–water partition coefficient (Wildman–Crippen LogP) is 5.53. The highest BCUT2D eigenvalue weighted by molar-refractivity contribution is 7.13. The van der Waals surface area contributed by atoms with Crippen LogP contribution in [0.15, 0.2) is 49.2 Å². The standard InChI is InChI=1S/C27H23ClF3N7O3S/c1-15(26-34-13-22(42-26)25(40)37-23-9-17(27(29,30)31)18(28)12-32-23)8-21(39)20-10-19(35-14-36-20)16-2-3-24(33-11-16)38-4-6-41-7-5-38/h2-3,9-15H,4-8H2,1H3,(H,32,37,40). The molecule has 42 heavy (non-hydrogen) atoms. The van der Waals surface area contributed by atoms with Gasteiger partial charge in [-0.1, -0.05) is 18.5 Å². The molecule has 0 saturated carbocycles. The zero-order chi connectivity index (χ0) is 29.9. The second-order valence-electron chi connectivity index (χ2n) is 9.39. The van der Waals surface area contributed by atoms with Gasteiger partial charge in [-0.25, -0.2) is 24.9 Å². The topological polar surface area (TPSA) is 123 Å². The fourth-order valence-corrected chi connectivity index (χ4v) is 5.25. The van der Waals surface area contributed by atoms with Crippen LogP contribution >= 0.6 is 22.9 Å². The van der Waals surface area contributed by atoms with Gasteiger partial charge in [0.05, 0.1) is 40.7 Å². The van der Waals surface area contributed by atoms with E-state index in [2.05, 4.69) is 35.1 Å². The number of aromatic nitrogens is 5. The van der Waals surface area contributed by atoms with Gasteiger partial charge in [-0.3, -0.25) is 9.59 Å². The lowest BCUT2D eigenvalue weighted by Gasteiger charge is -2.27. The zero-order valence-electron chi connectivity index (χ0n) is 22.1. The van der Waals surface area contributed by atoms with E-state index in [-0.39, 0.29) is 34.5 Å². The van der Waals surface area contributed by atoms with Crippen molar-refractivity contribution in [2.75, 3.05) is 36.5 Å². The van der Waals surface area contributed by atoms with Crippen LogP contribution < -0.4 is 10.2 Å². The van der Waals surface area contributed by atoms with E-state index in [0.29, 0.717) is 30.0 Å². The minimum Gasteiger partial charge on any atom is -0.378 e. The first kappa shape index (κ1) is 29.5. The fourth-order valence-electron chi connectivity index (χ4n) is 4.18. The number of nitrogens with one attached hydrogen (secondary N) is 1. The number of alkyl halides is 3. The van der Waals surface area contributed by atoms with Crippen LogP contribution in [0, 0.1) is 0 Å². The first-order valence-electron chi connectivity index (χ1n) is 12.7. The number of ether oxygens (including phenoxy) is 1. The molecule has 1 aliphatic heterocycles. The Morgan fingerprint density at radius 1 is 1.07 bits per heavy atom. The summed E-state index contributed by atoms with van der Waals surface area (Å²) in [7, 11) is 0. The van der Waals surface area contributed by atoms with Crippen molar-refractivity contribution in [1.29, 1.82) is 0 Å². The molecule has 0 aliphatic carbocycles. The maximum Gasteiger partial charge on any atom is 0.418 e. The van der Waals surface area contributed by atoms with Gasteiger partial charge in [0, 0.05) is 43.4 Å². The Morgan fingerprint density at radius 3 is 2.57 bits per heavy atom. The Morgan fingerprint density at radius 2 is 1.86 bits per heavy atom. The van der Waals surface area contributed by atoms with Gasteiger partial charge in [-0.15, -0.1) is 11.3 Å².